The molecule has 1 aromatic carbocycles. The number of aromatic nitrogens is 1. The molecule has 0 amide bonds. The van der Waals surface area contributed by atoms with Gasteiger partial charge in [-0.2, -0.15) is 4.40 Å². The largest absolute Gasteiger partial charge is 0.506 e. The van der Waals surface area contributed by atoms with Crippen molar-refractivity contribution >= 4 is 22.4 Å². The summed E-state index contributed by atoms with van der Waals surface area (Å²) in [5, 5.41) is 10.7. The van der Waals surface area contributed by atoms with Crippen molar-refractivity contribution in [3.05, 3.63) is 54.0 Å². The molecule has 106 valence electrons. The molecule has 0 unspecified atom stereocenters. The van der Waals surface area contributed by atoms with Crippen LogP contribution in [-0.4, -0.2) is 17.7 Å². The molecule has 3 aromatic rings. The Kier molecular flexibility index (Phi) is 3.17. The Bertz CT molecular complexity index is 861. The third-order valence-electron chi connectivity index (χ3n) is 3.31. The minimum Gasteiger partial charge on any atom is -0.506 e. The lowest BCUT2D eigenvalue weighted by Crippen LogP contribution is -2.25. The van der Waals surface area contributed by atoms with Gasteiger partial charge in [0.05, 0.1) is 12.0 Å². The van der Waals surface area contributed by atoms with E-state index in [1.54, 1.807) is 41.8 Å². The van der Waals surface area contributed by atoms with Gasteiger partial charge in [0, 0.05) is 18.2 Å². The molecule has 0 aliphatic rings. The van der Waals surface area contributed by atoms with Crippen LogP contribution in [-0.2, 0) is 4.74 Å². The van der Waals surface area contributed by atoms with Crippen molar-refractivity contribution in [2.75, 3.05) is 6.61 Å². The molecular formula is C16H13FNO3+. The van der Waals surface area contributed by atoms with Crippen molar-refractivity contribution in [1.29, 1.82) is 0 Å². The quantitative estimate of drug-likeness (QED) is 0.447. The first-order valence-corrected chi connectivity index (χ1v) is 6.55. The molecule has 0 saturated carbocycles. The molecular weight excluding hydrogens is 273 g/mol. The van der Waals surface area contributed by atoms with Crippen molar-refractivity contribution in [3.8, 4) is 5.75 Å². The fourth-order valence-electron chi connectivity index (χ4n) is 2.43. The SMILES string of the molecule is CCOC(=O)c1c(O)c2cc(F)ccc2[n+]2ccccc12. The summed E-state index contributed by atoms with van der Waals surface area (Å²) >= 11 is 0. The Morgan fingerprint density at radius 1 is 1.29 bits per heavy atom. The van der Waals surface area contributed by atoms with Crippen LogP contribution in [0.5, 0.6) is 5.75 Å². The first-order valence-electron chi connectivity index (χ1n) is 6.55. The van der Waals surface area contributed by atoms with Gasteiger partial charge in [0.1, 0.15) is 5.82 Å². The van der Waals surface area contributed by atoms with E-state index in [4.69, 9.17) is 4.74 Å². The molecule has 1 N–H and O–H groups in total. The molecule has 4 nitrogen and oxygen atoms in total. The summed E-state index contributed by atoms with van der Waals surface area (Å²) in [7, 11) is 0. The van der Waals surface area contributed by atoms with Crippen LogP contribution in [0.3, 0.4) is 0 Å². The molecule has 0 aliphatic carbocycles. The lowest BCUT2D eigenvalue weighted by molar-refractivity contribution is -0.481. The number of hydrogen-bond acceptors (Lipinski definition) is 3. The highest BCUT2D eigenvalue weighted by atomic mass is 19.1. The van der Waals surface area contributed by atoms with E-state index in [1.165, 1.54) is 12.1 Å². The van der Waals surface area contributed by atoms with Gasteiger partial charge >= 0.3 is 5.97 Å². The van der Waals surface area contributed by atoms with Crippen LogP contribution >= 0.6 is 0 Å². The van der Waals surface area contributed by atoms with Gasteiger partial charge in [-0.15, -0.1) is 0 Å². The Morgan fingerprint density at radius 2 is 2.10 bits per heavy atom. The van der Waals surface area contributed by atoms with E-state index in [0.29, 0.717) is 11.0 Å². The maximum Gasteiger partial charge on any atom is 0.348 e. The normalized spacial score (nSPS) is 11.0. The minimum atomic E-state index is -0.634. The molecule has 0 spiro atoms. The second-order valence-corrected chi connectivity index (χ2v) is 4.56. The van der Waals surface area contributed by atoms with E-state index in [-0.39, 0.29) is 23.3 Å². The summed E-state index contributed by atoms with van der Waals surface area (Å²) < 4.78 is 20.2. The molecule has 0 radical (unpaired) electrons. The highest BCUT2D eigenvalue weighted by Gasteiger charge is 2.26. The second-order valence-electron chi connectivity index (χ2n) is 4.56. The predicted octanol–water partition coefficient (Wildman–Crippen LogP) is 2.60. The summed E-state index contributed by atoms with van der Waals surface area (Å²) in [5.41, 5.74) is 1.15. The Hall–Kier alpha value is -2.69. The van der Waals surface area contributed by atoms with E-state index in [1.807, 2.05) is 0 Å². The number of carbonyl (C=O) groups excluding carboxylic acids is 1. The highest BCUT2D eigenvalue weighted by molar-refractivity contribution is 6.04. The Balaban J connectivity index is 2.48. The number of carbonyl (C=O) groups is 1. The molecule has 0 atom stereocenters. The first kappa shape index (κ1) is 13.3. The number of pyridine rings is 2. The van der Waals surface area contributed by atoms with E-state index in [9.17, 15) is 14.3 Å². The summed E-state index contributed by atoms with van der Waals surface area (Å²) in [4.78, 5) is 12.1. The minimum absolute atomic E-state index is 0.0375. The van der Waals surface area contributed by atoms with Crippen LogP contribution in [0.15, 0.2) is 42.6 Å². The molecule has 0 saturated heterocycles. The standard InChI is InChI=1S/C16H12FNO3/c1-2-21-16(20)14-13-5-3-4-8-18(13)12-7-6-10(17)9-11(12)15(14)19/h3-9H,2H2,1H3/p+1. The number of hydrogen-bond donors (Lipinski definition) is 1. The van der Waals surface area contributed by atoms with Crippen LogP contribution in [0.2, 0.25) is 0 Å². The van der Waals surface area contributed by atoms with Crippen molar-refractivity contribution in [2.24, 2.45) is 0 Å². The van der Waals surface area contributed by atoms with Crippen LogP contribution in [0.4, 0.5) is 4.39 Å². The molecule has 2 heterocycles. The Morgan fingerprint density at radius 3 is 2.86 bits per heavy atom. The maximum absolute atomic E-state index is 13.5. The molecule has 3 rings (SSSR count). The molecule has 5 heteroatoms. The van der Waals surface area contributed by atoms with Gasteiger partial charge in [-0.1, -0.05) is 0 Å². The number of esters is 1. The van der Waals surface area contributed by atoms with Gasteiger partial charge in [0.15, 0.2) is 17.5 Å². The lowest BCUT2D eigenvalue weighted by atomic mass is 10.1. The number of benzene rings is 1. The van der Waals surface area contributed by atoms with Crippen molar-refractivity contribution in [1.82, 2.24) is 0 Å². The van der Waals surface area contributed by atoms with Gasteiger partial charge in [0.2, 0.25) is 11.0 Å². The van der Waals surface area contributed by atoms with Crippen molar-refractivity contribution < 1.29 is 23.4 Å². The third kappa shape index (κ3) is 2.07. The van der Waals surface area contributed by atoms with E-state index < -0.39 is 11.8 Å². The lowest BCUT2D eigenvalue weighted by Gasteiger charge is -2.07. The van der Waals surface area contributed by atoms with Gasteiger partial charge < -0.3 is 9.84 Å². The van der Waals surface area contributed by atoms with Crippen molar-refractivity contribution in [2.45, 2.75) is 6.92 Å². The van der Waals surface area contributed by atoms with Crippen molar-refractivity contribution in [3.63, 3.8) is 0 Å². The second kappa shape index (κ2) is 5.01. The molecule has 2 aromatic heterocycles. The first-order chi connectivity index (χ1) is 10.1. The fraction of sp³-hybridized carbons (Fsp3) is 0.125. The molecule has 0 fully saturated rings. The summed E-state index contributed by atoms with van der Waals surface area (Å²) in [6.45, 7) is 1.88. The highest BCUT2D eigenvalue weighted by Crippen LogP contribution is 2.30. The number of nitrogens with zero attached hydrogens (tertiary/aromatic N) is 1. The number of halogens is 1. The van der Waals surface area contributed by atoms with E-state index in [0.717, 1.165) is 0 Å². The van der Waals surface area contributed by atoms with E-state index in [2.05, 4.69) is 0 Å². The summed E-state index contributed by atoms with van der Waals surface area (Å²) in [5.74, 6) is -1.39. The average molecular weight is 286 g/mol. The smallest absolute Gasteiger partial charge is 0.348 e. The zero-order valence-electron chi connectivity index (χ0n) is 11.3. The zero-order chi connectivity index (χ0) is 15.0. The predicted molar refractivity (Wildman–Crippen MR) is 74.7 cm³/mol. The Labute approximate surface area is 120 Å². The third-order valence-corrected chi connectivity index (χ3v) is 3.31. The number of fused-ring (bicyclic) bond motifs is 3. The van der Waals surface area contributed by atoms with Gasteiger partial charge in [0.25, 0.3) is 0 Å². The summed E-state index contributed by atoms with van der Waals surface area (Å²) in [6, 6.07) is 9.33. The monoisotopic (exact) mass is 286 g/mol. The zero-order valence-corrected chi connectivity index (χ0v) is 11.3. The molecule has 0 bridgehead atoms. The number of rotatable bonds is 2. The maximum atomic E-state index is 13.5. The number of aromatic hydroxyl groups is 1. The van der Waals surface area contributed by atoms with Crippen LogP contribution in [0, 0.1) is 5.82 Å². The van der Waals surface area contributed by atoms with Gasteiger partial charge in [-0.3, -0.25) is 0 Å². The van der Waals surface area contributed by atoms with Crippen LogP contribution in [0.25, 0.3) is 16.4 Å². The van der Waals surface area contributed by atoms with Gasteiger partial charge in [-0.25, -0.2) is 9.18 Å². The molecule has 0 aliphatic heterocycles. The van der Waals surface area contributed by atoms with Gasteiger partial charge in [-0.05, 0) is 25.1 Å². The van der Waals surface area contributed by atoms with E-state index >= 15 is 0 Å². The van der Waals surface area contributed by atoms with Crippen LogP contribution < -0.4 is 4.40 Å². The number of ether oxygens (including phenoxy) is 1. The topological polar surface area (TPSA) is 50.6 Å². The average Bonchev–Trinajstić information content (AvgIpc) is 2.48. The molecule has 21 heavy (non-hydrogen) atoms. The fourth-order valence-corrected chi connectivity index (χ4v) is 2.43. The summed E-state index contributed by atoms with van der Waals surface area (Å²) in [6.07, 6.45) is 1.75. The van der Waals surface area contributed by atoms with Crippen LogP contribution in [0.1, 0.15) is 17.3 Å².